The number of aromatic amines is 1. The highest BCUT2D eigenvalue weighted by molar-refractivity contribution is 7.80. The number of hydrogen-bond acceptors (Lipinski definition) is 5. The van der Waals surface area contributed by atoms with Gasteiger partial charge in [0.05, 0.1) is 18.2 Å². The zero-order chi connectivity index (χ0) is 24.2. The van der Waals surface area contributed by atoms with E-state index in [0.717, 1.165) is 36.8 Å². The van der Waals surface area contributed by atoms with Gasteiger partial charge in [-0.2, -0.15) is 0 Å². The minimum Gasteiger partial charge on any atom is -0.486 e. The third-order valence-electron chi connectivity index (χ3n) is 6.49. The van der Waals surface area contributed by atoms with Crippen molar-refractivity contribution in [3.8, 4) is 11.5 Å². The van der Waals surface area contributed by atoms with Crippen molar-refractivity contribution in [2.75, 3.05) is 32.9 Å². The van der Waals surface area contributed by atoms with Crippen molar-refractivity contribution in [1.82, 2.24) is 15.2 Å². The summed E-state index contributed by atoms with van der Waals surface area (Å²) in [5.74, 6) is 1.36. The number of H-pyrrole nitrogens is 1. The van der Waals surface area contributed by atoms with E-state index in [2.05, 4.69) is 46.4 Å². The molecular formula is C27H31N3O4S. The van der Waals surface area contributed by atoms with E-state index in [1.165, 1.54) is 11.1 Å². The number of aromatic nitrogens is 1. The van der Waals surface area contributed by atoms with Gasteiger partial charge < -0.3 is 29.4 Å². The fraction of sp³-hybridized carbons (Fsp3) is 0.407. The first-order chi connectivity index (χ1) is 17.0. The van der Waals surface area contributed by atoms with Crippen molar-refractivity contribution in [1.29, 1.82) is 0 Å². The first-order valence-corrected chi connectivity index (χ1v) is 12.6. The lowest BCUT2D eigenvalue weighted by Gasteiger charge is -2.27. The maximum absolute atomic E-state index is 13.0. The van der Waals surface area contributed by atoms with E-state index >= 15 is 0 Å². The maximum atomic E-state index is 13.0. The minimum absolute atomic E-state index is 0.128. The van der Waals surface area contributed by atoms with E-state index in [4.69, 9.17) is 26.4 Å². The molecule has 1 fully saturated rings. The molecule has 2 aliphatic heterocycles. The van der Waals surface area contributed by atoms with E-state index in [-0.39, 0.29) is 11.7 Å². The van der Waals surface area contributed by atoms with Crippen LogP contribution in [0.15, 0.2) is 47.3 Å². The zero-order valence-corrected chi connectivity index (χ0v) is 20.8. The topological polar surface area (TPSA) is 75.8 Å². The molecule has 2 N–H and O–H groups in total. The van der Waals surface area contributed by atoms with E-state index in [1.54, 1.807) is 0 Å². The standard InChI is InChI=1S/C27H31N3O4S/c1-18-4-2-5-19(12-18)7-8-30(27(35)28-16-22-6-3-9-32-22)17-21-13-20-14-24-25(34-11-10-33-24)15-23(20)29-26(21)31/h2,4-5,12-15,22H,3,6-11,16-17H2,1H3,(H,28,35)(H,29,31)/t22-/m1/s1. The molecule has 3 heterocycles. The Bertz CT molecular complexity index is 1270. The van der Waals surface area contributed by atoms with Crippen LogP contribution in [0.25, 0.3) is 10.9 Å². The first kappa shape index (κ1) is 23.6. The van der Waals surface area contributed by atoms with E-state index in [0.29, 0.717) is 55.0 Å². The second kappa shape index (κ2) is 10.7. The SMILES string of the molecule is Cc1cccc(CCN(Cc2cc3cc4c(cc3[nH]c2=O)OCCO4)C(=S)NC[C@H]2CCCO2)c1. The summed E-state index contributed by atoms with van der Waals surface area (Å²) in [6, 6.07) is 14.2. The average Bonchev–Trinajstić information content (AvgIpc) is 3.38. The summed E-state index contributed by atoms with van der Waals surface area (Å²) in [7, 11) is 0. The molecule has 0 radical (unpaired) electrons. The predicted molar refractivity (Wildman–Crippen MR) is 140 cm³/mol. The molecule has 8 heteroatoms. The summed E-state index contributed by atoms with van der Waals surface area (Å²) in [6.45, 7) is 5.71. The molecule has 0 bridgehead atoms. The normalized spacial score (nSPS) is 16.9. The average molecular weight is 494 g/mol. The van der Waals surface area contributed by atoms with Crippen LogP contribution in [0.5, 0.6) is 11.5 Å². The summed E-state index contributed by atoms with van der Waals surface area (Å²) in [6.07, 6.45) is 3.14. The fourth-order valence-electron chi connectivity index (χ4n) is 4.61. The van der Waals surface area contributed by atoms with Crippen LogP contribution in [-0.4, -0.2) is 54.0 Å². The van der Waals surface area contributed by atoms with Gasteiger partial charge in [-0.15, -0.1) is 0 Å². The number of hydrogen-bond donors (Lipinski definition) is 2. The lowest BCUT2D eigenvalue weighted by molar-refractivity contribution is 0.113. The van der Waals surface area contributed by atoms with Crippen LogP contribution in [0.2, 0.25) is 0 Å². The number of nitrogens with one attached hydrogen (secondary N) is 2. The van der Waals surface area contributed by atoms with Crippen molar-refractivity contribution in [3.05, 3.63) is 69.5 Å². The number of fused-ring (bicyclic) bond motifs is 2. The van der Waals surface area contributed by atoms with Gasteiger partial charge >= 0.3 is 0 Å². The number of pyridine rings is 1. The van der Waals surface area contributed by atoms with Crippen LogP contribution in [0.4, 0.5) is 0 Å². The van der Waals surface area contributed by atoms with Crippen molar-refractivity contribution in [3.63, 3.8) is 0 Å². The number of thiocarbonyl (C=S) groups is 1. The van der Waals surface area contributed by atoms with Crippen molar-refractivity contribution >= 4 is 28.2 Å². The number of rotatable bonds is 7. The third-order valence-corrected chi connectivity index (χ3v) is 6.89. The summed E-state index contributed by atoms with van der Waals surface area (Å²) in [5.41, 5.74) is 3.73. The van der Waals surface area contributed by atoms with E-state index in [9.17, 15) is 4.79 Å². The first-order valence-electron chi connectivity index (χ1n) is 12.2. The van der Waals surface area contributed by atoms with Crippen LogP contribution in [-0.2, 0) is 17.7 Å². The molecule has 0 aliphatic carbocycles. The van der Waals surface area contributed by atoms with Gasteiger partial charge in [0.2, 0.25) is 0 Å². The van der Waals surface area contributed by atoms with Gasteiger partial charge in [-0.3, -0.25) is 4.79 Å². The van der Waals surface area contributed by atoms with Gasteiger partial charge in [-0.1, -0.05) is 29.8 Å². The fourth-order valence-corrected chi connectivity index (χ4v) is 4.85. The molecule has 0 spiro atoms. The smallest absolute Gasteiger partial charge is 0.253 e. The molecule has 1 atom stereocenters. The van der Waals surface area contributed by atoms with Gasteiger partial charge in [0.25, 0.3) is 5.56 Å². The zero-order valence-electron chi connectivity index (χ0n) is 20.0. The van der Waals surface area contributed by atoms with Crippen LogP contribution in [0.3, 0.4) is 0 Å². The molecule has 1 saturated heterocycles. The Morgan fingerprint density at radius 1 is 1.14 bits per heavy atom. The summed E-state index contributed by atoms with van der Waals surface area (Å²) in [4.78, 5) is 18.1. The summed E-state index contributed by atoms with van der Waals surface area (Å²) >= 11 is 5.78. The Labute approximate surface area is 210 Å². The quantitative estimate of drug-likeness (QED) is 0.486. The highest BCUT2D eigenvalue weighted by Gasteiger charge is 2.19. The van der Waals surface area contributed by atoms with Gasteiger partial charge in [-0.05, 0) is 56.1 Å². The summed E-state index contributed by atoms with van der Waals surface area (Å²) in [5, 5.41) is 4.91. The monoisotopic (exact) mass is 493 g/mol. The number of benzene rings is 2. The highest BCUT2D eigenvalue weighted by atomic mass is 32.1. The number of nitrogens with zero attached hydrogens (tertiary/aromatic N) is 1. The Balaban J connectivity index is 1.37. The van der Waals surface area contributed by atoms with Crippen molar-refractivity contribution < 1.29 is 14.2 Å². The maximum Gasteiger partial charge on any atom is 0.253 e. The second-order valence-electron chi connectivity index (χ2n) is 9.19. The molecule has 3 aromatic rings. The molecule has 2 aliphatic rings. The van der Waals surface area contributed by atoms with E-state index in [1.807, 2.05) is 18.2 Å². The molecule has 0 unspecified atom stereocenters. The van der Waals surface area contributed by atoms with Crippen LogP contribution < -0.4 is 20.3 Å². The Hall–Kier alpha value is -3.10. The molecule has 184 valence electrons. The van der Waals surface area contributed by atoms with Crippen LogP contribution in [0.1, 0.15) is 29.5 Å². The highest BCUT2D eigenvalue weighted by Crippen LogP contribution is 2.33. The second-order valence-corrected chi connectivity index (χ2v) is 9.58. The summed E-state index contributed by atoms with van der Waals surface area (Å²) < 4.78 is 17.1. The molecule has 35 heavy (non-hydrogen) atoms. The van der Waals surface area contributed by atoms with Gasteiger partial charge in [-0.25, -0.2) is 0 Å². The van der Waals surface area contributed by atoms with Gasteiger partial charge in [0.1, 0.15) is 13.2 Å². The molecule has 7 nitrogen and oxygen atoms in total. The molecule has 2 aromatic carbocycles. The largest absolute Gasteiger partial charge is 0.486 e. The van der Waals surface area contributed by atoms with Crippen LogP contribution in [0, 0.1) is 6.92 Å². The minimum atomic E-state index is -0.128. The van der Waals surface area contributed by atoms with Gasteiger partial charge in [0.15, 0.2) is 16.6 Å². The molecule has 0 saturated carbocycles. The number of aryl methyl sites for hydroxylation is 1. The molecule has 1 aromatic heterocycles. The molecular weight excluding hydrogens is 462 g/mol. The third kappa shape index (κ3) is 5.77. The van der Waals surface area contributed by atoms with Crippen molar-refractivity contribution in [2.24, 2.45) is 0 Å². The molecule has 5 rings (SSSR count). The lowest BCUT2D eigenvalue weighted by Crippen LogP contribution is -2.43. The molecule has 0 amide bonds. The number of ether oxygens (including phenoxy) is 3. The van der Waals surface area contributed by atoms with Gasteiger partial charge in [0, 0.05) is 36.7 Å². The Morgan fingerprint density at radius 3 is 2.74 bits per heavy atom. The van der Waals surface area contributed by atoms with Crippen LogP contribution >= 0.6 is 12.2 Å². The predicted octanol–water partition coefficient (Wildman–Crippen LogP) is 3.71. The lowest BCUT2D eigenvalue weighted by atomic mass is 10.1. The van der Waals surface area contributed by atoms with E-state index < -0.39 is 0 Å². The van der Waals surface area contributed by atoms with Crippen molar-refractivity contribution in [2.45, 2.75) is 38.8 Å². The Kier molecular flexibility index (Phi) is 7.20. The Morgan fingerprint density at radius 2 is 1.97 bits per heavy atom.